The monoisotopic (exact) mass is 385 g/mol. The van der Waals surface area contributed by atoms with E-state index in [4.69, 9.17) is 10.5 Å². The van der Waals surface area contributed by atoms with E-state index < -0.39 is 23.7 Å². The van der Waals surface area contributed by atoms with Gasteiger partial charge in [0.15, 0.2) is 0 Å². The van der Waals surface area contributed by atoms with Gasteiger partial charge in [-0.25, -0.2) is 9.18 Å². The van der Waals surface area contributed by atoms with Gasteiger partial charge in [-0.3, -0.25) is 5.32 Å². The first-order chi connectivity index (χ1) is 12.7. The van der Waals surface area contributed by atoms with Crippen LogP contribution in [0.4, 0.5) is 33.7 Å². The molecule has 146 valence electrons. The molecule has 2 aromatic carbocycles. The molecule has 0 aliphatic heterocycles. The third-order valence-electron chi connectivity index (χ3n) is 3.67. The average molecular weight is 385 g/mol. The largest absolute Gasteiger partial charge is 0.450 e. The molecule has 0 fully saturated rings. The fourth-order valence-electron chi connectivity index (χ4n) is 2.37. The number of halogens is 4. The van der Waals surface area contributed by atoms with Crippen LogP contribution in [-0.2, 0) is 24.0 Å². The Morgan fingerprint density at radius 1 is 1.19 bits per heavy atom. The van der Waals surface area contributed by atoms with Crippen LogP contribution in [0.25, 0.3) is 0 Å². The van der Waals surface area contributed by atoms with Gasteiger partial charge in [-0.2, -0.15) is 13.2 Å². The molecule has 0 unspecified atom stereocenters. The molecule has 0 radical (unpaired) electrons. The van der Waals surface area contributed by atoms with Crippen LogP contribution in [0.5, 0.6) is 0 Å². The van der Waals surface area contributed by atoms with Crippen LogP contribution >= 0.6 is 0 Å². The second kappa shape index (κ2) is 8.72. The van der Waals surface area contributed by atoms with E-state index in [1.165, 1.54) is 6.07 Å². The maximum Gasteiger partial charge on any atom is 0.419 e. The predicted octanol–water partition coefficient (Wildman–Crippen LogP) is 4.48. The highest BCUT2D eigenvalue weighted by atomic mass is 19.4. The Labute approximate surface area is 153 Å². The number of carbonyl (C=O) groups is 1. The molecule has 4 N–H and O–H groups in total. The molecule has 2 rings (SSSR count). The van der Waals surface area contributed by atoms with Crippen LogP contribution < -0.4 is 16.4 Å². The van der Waals surface area contributed by atoms with Gasteiger partial charge in [0.25, 0.3) is 0 Å². The molecule has 27 heavy (non-hydrogen) atoms. The summed E-state index contributed by atoms with van der Waals surface area (Å²) >= 11 is 0. The first kappa shape index (κ1) is 20.5. The number of hydrogen-bond acceptors (Lipinski definition) is 4. The number of nitrogens with one attached hydrogen (secondary N) is 2. The van der Waals surface area contributed by atoms with Crippen LogP contribution in [0, 0.1) is 5.82 Å². The highest BCUT2D eigenvalue weighted by Gasteiger charge is 2.33. The maximum absolute atomic E-state index is 13.6. The molecular weight excluding hydrogens is 366 g/mol. The van der Waals surface area contributed by atoms with E-state index in [-0.39, 0.29) is 19.7 Å². The van der Waals surface area contributed by atoms with Crippen molar-refractivity contribution in [1.82, 2.24) is 0 Å². The third-order valence-corrected chi connectivity index (χ3v) is 3.67. The molecule has 0 bridgehead atoms. The van der Waals surface area contributed by atoms with Crippen LogP contribution in [0.1, 0.15) is 23.6 Å². The number of ether oxygens (including phenoxy) is 1. The van der Waals surface area contributed by atoms with Crippen LogP contribution in [0.3, 0.4) is 0 Å². The van der Waals surface area contributed by atoms with Crippen molar-refractivity contribution in [1.29, 1.82) is 0 Å². The van der Waals surface area contributed by atoms with Crippen LogP contribution in [0.15, 0.2) is 36.4 Å². The van der Waals surface area contributed by atoms with E-state index in [0.29, 0.717) is 28.6 Å². The minimum Gasteiger partial charge on any atom is -0.450 e. The highest BCUT2D eigenvalue weighted by Crippen LogP contribution is 2.31. The van der Waals surface area contributed by atoms with Gasteiger partial charge in [0.05, 0.1) is 12.2 Å². The molecule has 0 atom stereocenters. The van der Waals surface area contributed by atoms with E-state index in [2.05, 4.69) is 10.6 Å². The Balaban J connectivity index is 2.08. The van der Waals surface area contributed by atoms with Gasteiger partial charge in [0, 0.05) is 24.5 Å². The predicted molar refractivity (Wildman–Crippen MR) is 93.7 cm³/mol. The molecule has 0 spiro atoms. The van der Waals surface area contributed by atoms with Crippen molar-refractivity contribution in [3.8, 4) is 0 Å². The van der Waals surface area contributed by atoms with Crippen LogP contribution in [-0.4, -0.2) is 12.7 Å². The van der Waals surface area contributed by atoms with E-state index in [0.717, 1.165) is 6.07 Å². The fourth-order valence-corrected chi connectivity index (χ4v) is 2.37. The second-order valence-electron chi connectivity index (χ2n) is 5.59. The second-order valence-corrected chi connectivity index (χ2v) is 5.59. The van der Waals surface area contributed by atoms with Gasteiger partial charge in [-0.15, -0.1) is 0 Å². The molecule has 0 aromatic heterocycles. The van der Waals surface area contributed by atoms with E-state index in [1.54, 1.807) is 25.1 Å². The lowest BCUT2D eigenvalue weighted by Crippen LogP contribution is -2.15. The van der Waals surface area contributed by atoms with Crippen molar-refractivity contribution in [2.75, 3.05) is 17.2 Å². The zero-order chi connectivity index (χ0) is 20.0. The summed E-state index contributed by atoms with van der Waals surface area (Å²) in [6, 6.07) is 7.72. The first-order valence-electron chi connectivity index (χ1n) is 8.10. The Kier molecular flexibility index (Phi) is 6.62. The summed E-state index contributed by atoms with van der Waals surface area (Å²) in [5, 5.41) is 5.55. The summed E-state index contributed by atoms with van der Waals surface area (Å²) in [7, 11) is 0. The van der Waals surface area contributed by atoms with Crippen molar-refractivity contribution < 1.29 is 27.1 Å². The van der Waals surface area contributed by atoms with Gasteiger partial charge in [0.2, 0.25) is 0 Å². The van der Waals surface area contributed by atoms with Gasteiger partial charge in [-0.1, -0.05) is 6.07 Å². The number of hydrogen-bond donors (Lipinski definition) is 3. The Hall–Kier alpha value is -2.81. The van der Waals surface area contributed by atoms with Crippen molar-refractivity contribution >= 4 is 17.5 Å². The summed E-state index contributed by atoms with van der Waals surface area (Å²) in [4.78, 5) is 11.5. The lowest BCUT2D eigenvalue weighted by molar-refractivity contribution is -0.140. The minimum absolute atomic E-state index is 0.115. The minimum atomic E-state index is -4.73. The Morgan fingerprint density at radius 3 is 2.52 bits per heavy atom. The zero-order valence-electron chi connectivity index (χ0n) is 14.5. The standard InChI is InChI=1S/C18H19F4N3O2/c1-2-27-17(26)25-16-6-4-13(8-12(16)9-23)24-10-11-3-5-14(15(19)7-11)18(20,21)22/h3-8,24H,2,9-10,23H2,1H3,(H,25,26). The zero-order valence-corrected chi connectivity index (χ0v) is 14.5. The number of amides is 1. The van der Waals surface area contributed by atoms with Crippen molar-refractivity contribution in [2.45, 2.75) is 26.2 Å². The highest BCUT2D eigenvalue weighted by molar-refractivity contribution is 5.86. The molecule has 9 heteroatoms. The smallest absolute Gasteiger partial charge is 0.419 e. The van der Waals surface area contributed by atoms with E-state index in [1.807, 2.05) is 0 Å². The fraction of sp³-hybridized carbons (Fsp3) is 0.278. The summed E-state index contributed by atoms with van der Waals surface area (Å²) in [6.07, 6.45) is -5.33. The normalized spacial score (nSPS) is 11.2. The van der Waals surface area contributed by atoms with Gasteiger partial charge in [0.1, 0.15) is 5.82 Å². The molecule has 0 aliphatic carbocycles. The molecule has 0 aliphatic rings. The molecular formula is C18H19F4N3O2. The molecule has 5 nitrogen and oxygen atoms in total. The first-order valence-corrected chi connectivity index (χ1v) is 8.10. The Bertz CT molecular complexity index is 810. The number of benzene rings is 2. The van der Waals surface area contributed by atoms with E-state index >= 15 is 0 Å². The lowest BCUT2D eigenvalue weighted by atomic mass is 10.1. The van der Waals surface area contributed by atoms with Crippen molar-refractivity contribution in [2.24, 2.45) is 5.73 Å². The van der Waals surface area contributed by atoms with Crippen molar-refractivity contribution in [3.05, 3.63) is 58.9 Å². The molecule has 0 saturated carbocycles. The average Bonchev–Trinajstić information content (AvgIpc) is 2.60. The third kappa shape index (κ3) is 5.58. The quantitative estimate of drug-likeness (QED) is 0.641. The van der Waals surface area contributed by atoms with E-state index in [9.17, 15) is 22.4 Å². The van der Waals surface area contributed by atoms with Crippen molar-refractivity contribution in [3.63, 3.8) is 0 Å². The summed E-state index contributed by atoms with van der Waals surface area (Å²) in [5.74, 6) is -1.32. The molecule has 2 aromatic rings. The SMILES string of the molecule is CCOC(=O)Nc1ccc(NCc2ccc(C(F)(F)F)c(F)c2)cc1CN. The number of carbonyl (C=O) groups excluding carboxylic acids is 1. The van der Waals surface area contributed by atoms with Gasteiger partial charge < -0.3 is 15.8 Å². The van der Waals surface area contributed by atoms with Gasteiger partial charge in [-0.05, 0) is 48.4 Å². The number of anilines is 2. The number of rotatable bonds is 6. The summed E-state index contributed by atoms with van der Waals surface area (Å²) in [6.45, 7) is 2.17. The van der Waals surface area contributed by atoms with Crippen LogP contribution in [0.2, 0.25) is 0 Å². The number of nitrogens with two attached hydrogens (primary N) is 1. The maximum atomic E-state index is 13.6. The molecule has 1 amide bonds. The summed E-state index contributed by atoms with van der Waals surface area (Å²) in [5.41, 5.74) is 6.46. The molecule has 0 heterocycles. The topological polar surface area (TPSA) is 76.4 Å². The lowest BCUT2D eigenvalue weighted by Gasteiger charge is -2.14. The van der Waals surface area contributed by atoms with Gasteiger partial charge >= 0.3 is 12.3 Å². The summed E-state index contributed by atoms with van der Waals surface area (Å²) < 4.78 is 56.2. The molecule has 0 saturated heterocycles. The number of alkyl halides is 3. The Morgan fingerprint density at radius 2 is 1.93 bits per heavy atom.